The van der Waals surface area contributed by atoms with E-state index in [2.05, 4.69) is 25.8 Å². The standard InChI is InChI=1S/C23H26N2O3S/c1-23(2,3)15-7-10-17-19(11-15)29-21-20(17)22(27)25(13-24-21)12-18(26)14-5-8-16(28-4)9-6-14/h5-6,8-9,13,15H,7,10-12H2,1-4H3. The van der Waals surface area contributed by atoms with Gasteiger partial charge in [0.25, 0.3) is 5.56 Å². The summed E-state index contributed by atoms with van der Waals surface area (Å²) in [5.41, 5.74) is 1.85. The number of rotatable bonds is 4. The van der Waals surface area contributed by atoms with E-state index in [-0.39, 0.29) is 23.3 Å². The summed E-state index contributed by atoms with van der Waals surface area (Å²) in [6, 6.07) is 6.94. The van der Waals surface area contributed by atoms with Gasteiger partial charge in [0.05, 0.1) is 25.4 Å². The van der Waals surface area contributed by atoms with Crippen molar-refractivity contribution < 1.29 is 9.53 Å². The van der Waals surface area contributed by atoms with Crippen LogP contribution in [0.5, 0.6) is 5.75 Å². The third-order valence-electron chi connectivity index (χ3n) is 5.99. The molecule has 0 radical (unpaired) electrons. The number of aryl methyl sites for hydroxylation is 1. The van der Waals surface area contributed by atoms with Crippen LogP contribution in [0.1, 0.15) is 48.0 Å². The van der Waals surface area contributed by atoms with Crippen molar-refractivity contribution in [2.24, 2.45) is 11.3 Å². The number of aromatic nitrogens is 2. The van der Waals surface area contributed by atoms with Crippen molar-refractivity contribution in [2.45, 2.75) is 46.6 Å². The smallest absolute Gasteiger partial charge is 0.262 e. The number of methoxy groups -OCH3 is 1. The molecule has 0 saturated carbocycles. The van der Waals surface area contributed by atoms with Crippen molar-refractivity contribution >= 4 is 27.3 Å². The minimum absolute atomic E-state index is 0.0106. The van der Waals surface area contributed by atoms with Crippen LogP contribution in [0.2, 0.25) is 0 Å². The predicted octanol–water partition coefficient (Wildman–Crippen LogP) is 4.50. The van der Waals surface area contributed by atoms with Gasteiger partial charge in [-0.15, -0.1) is 11.3 Å². The molecule has 0 aliphatic heterocycles. The van der Waals surface area contributed by atoms with E-state index in [1.165, 1.54) is 15.8 Å². The second-order valence-electron chi connectivity index (χ2n) is 8.82. The number of benzene rings is 1. The quantitative estimate of drug-likeness (QED) is 0.594. The van der Waals surface area contributed by atoms with E-state index in [0.717, 1.165) is 29.7 Å². The Balaban J connectivity index is 1.64. The van der Waals surface area contributed by atoms with Crippen LogP contribution in [0.4, 0.5) is 0 Å². The minimum Gasteiger partial charge on any atom is -0.497 e. The van der Waals surface area contributed by atoms with Gasteiger partial charge in [0.1, 0.15) is 10.6 Å². The number of Topliss-reactive ketones (excluding diaryl/α,β-unsaturated/α-hetero) is 1. The zero-order valence-electron chi connectivity index (χ0n) is 17.3. The van der Waals surface area contributed by atoms with E-state index in [1.807, 2.05) is 0 Å². The van der Waals surface area contributed by atoms with Gasteiger partial charge in [0.2, 0.25) is 0 Å². The lowest BCUT2D eigenvalue weighted by Crippen LogP contribution is -2.27. The Morgan fingerprint density at radius 1 is 1.28 bits per heavy atom. The lowest BCUT2D eigenvalue weighted by Gasteiger charge is -2.33. The number of carbonyl (C=O) groups is 1. The zero-order chi connectivity index (χ0) is 20.8. The average molecular weight is 411 g/mol. The second kappa shape index (κ2) is 7.41. The summed E-state index contributed by atoms with van der Waals surface area (Å²) in [6.07, 6.45) is 4.51. The molecule has 0 spiro atoms. The summed E-state index contributed by atoms with van der Waals surface area (Å²) in [7, 11) is 1.59. The van der Waals surface area contributed by atoms with Gasteiger partial charge in [0.15, 0.2) is 5.78 Å². The van der Waals surface area contributed by atoms with Gasteiger partial charge in [0, 0.05) is 10.4 Å². The molecule has 0 fully saturated rings. The summed E-state index contributed by atoms with van der Waals surface area (Å²) in [4.78, 5) is 32.4. The van der Waals surface area contributed by atoms with E-state index in [1.54, 1.807) is 42.7 Å². The molecular formula is C23H26N2O3S. The molecule has 0 saturated heterocycles. The van der Waals surface area contributed by atoms with E-state index >= 15 is 0 Å². The van der Waals surface area contributed by atoms with Gasteiger partial charge in [-0.3, -0.25) is 14.2 Å². The number of ether oxygens (including phenoxy) is 1. The van der Waals surface area contributed by atoms with Crippen molar-refractivity contribution in [1.29, 1.82) is 0 Å². The van der Waals surface area contributed by atoms with E-state index in [9.17, 15) is 9.59 Å². The van der Waals surface area contributed by atoms with Crippen LogP contribution in [0, 0.1) is 11.3 Å². The molecule has 152 valence electrons. The Morgan fingerprint density at radius 3 is 2.66 bits per heavy atom. The molecule has 29 heavy (non-hydrogen) atoms. The largest absolute Gasteiger partial charge is 0.497 e. The van der Waals surface area contributed by atoms with Crippen LogP contribution in [0.25, 0.3) is 10.2 Å². The van der Waals surface area contributed by atoms with Crippen LogP contribution in [-0.4, -0.2) is 22.4 Å². The summed E-state index contributed by atoms with van der Waals surface area (Å²) in [5, 5.41) is 0.711. The van der Waals surface area contributed by atoms with Crippen LogP contribution >= 0.6 is 11.3 Å². The van der Waals surface area contributed by atoms with Gasteiger partial charge < -0.3 is 4.74 Å². The van der Waals surface area contributed by atoms with Crippen LogP contribution < -0.4 is 10.3 Å². The number of ketones is 1. The summed E-state index contributed by atoms with van der Waals surface area (Å²) in [5.74, 6) is 1.19. The molecule has 1 aliphatic rings. The SMILES string of the molecule is COc1ccc(C(=O)Cn2cnc3sc4c(c3c2=O)CCC(C(C)(C)C)C4)cc1. The van der Waals surface area contributed by atoms with Crippen molar-refractivity contribution in [3.05, 3.63) is 57.0 Å². The third-order valence-corrected chi connectivity index (χ3v) is 7.15. The molecule has 2 aromatic heterocycles. The molecular weight excluding hydrogens is 384 g/mol. The van der Waals surface area contributed by atoms with Gasteiger partial charge >= 0.3 is 0 Å². The summed E-state index contributed by atoms with van der Waals surface area (Å²) >= 11 is 1.64. The third kappa shape index (κ3) is 3.73. The maximum absolute atomic E-state index is 13.2. The molecule has 6 heteroatoms. The van der Waals surface area contributed by atoms with Crippen LogP contribution in [-0.2, 0) is 19.4 Å². The van der Waals surface area contributed by atoms with Gasteiger partial charge in [-0.2, -0.15) is 0 Å². The van der Waals surface area contributed by atoms with Gasteiger partial charge in [-0.25, -0.2) is 4.98 Å². The molecule has 0 amide bonds. The van der Waals surface area contributed by atoms with Crippen LogP contribution in [0.3, 0.4) is 0 Å². The van der Waals surface area contributed by atoms with Gasteiger partial charge in [-0.05, 0) is 60.4 Å². The molecule has 0 N–H and O–H groups in total. The first-order valence-electron chi connectivity index (χ1n) is 9.95. The second-order valence-corrected chi connectivity index (χ2v) is 9.90. The molecule has 1 aliphatic carbocycles. The van der Waals surface area contributed by atoms with Crippen molar-refractivity contribution in [3.8, 4) is 5.75 Å². The van der Waals surface area contributed by atoms with Crippen molar-refractivity contribution in [1.82, 2.24) is 9.55 Å². The fourth-order valence-corrected chi connectivity index (χ4v) is 5.33. The topological polar surface area (TPSA) is 61.2 Å². The molecule has 4 rings (SSSR count). The van der Waals surface area contributed by atoms with E-state index in [0.29, 0.717) is 22.6 Å². The first-order valence-corrected chi connectivity index (χ1v) is 10.8. The zero-order valence-corrected chi connectivity index (χ0v) is 18.1. The Labute approximate surface area is 174 Å². The normalized spacial score (nSPS) is 16.6. The Hall–Kier alpha value is -2.47. The first-order chi connectivity index (χ1) is 13.8. The number of carbonyl (C=O) groups excluding carboxylic acids is 1. The molecule has 0 bridgehead atoms. The van der Waals surface area contributed by atoms with Crippen LogP contribution in [0.15, 0.2) is 35.4 Å². The lowest BCUT2D eigenvalue weighted by molar-refractivity contribution is 0.0970. The number of thiophene rings is 1. The molecule has 1 atom stereocenters. The predicted molar refractivity (Wildman–Crippen MR) is 116 cm³/mol. The molecule has 5 nitrogen and oxygen atoms in total. The lowest BCUT2D eigenvalue weighted by atomic mass is 9.72. The number of fused-ring (bicyclic) bond motifs is 3. The number of nitrogens with zero attached hydrogens (tertiary/aromatic N) is 2. The molecule has 3 aromatic rings. The summed E-state index contributed by atoms with van der Waals surface area (Å²) in [6.45, 7) is 6.84. The van der Waals surface area contributed by atoms with Gasteiger partial charge in [-0.1, -0.05) is 20.8 Å². The fourth-order valence-electron chi connectivity index (χ4n) is 4.08. The Morgan fingerprint density at radius 2 is 2.00 bits per heavy atom. The van der Waals surface area contributed by atoms with E-state index < -0.39 is 0 Å². The highest BCUT2D eigenvalue weighted by molar-refractivity contribution is 7.18. The summed E-state index contributed by atoms with van der Waals surface area (Å²) < 4.78 is 6.57. The highest BCUT2D eigenvalue weighted by Crippen LogP contribution is 2.41. The molecule has 1 unspecified atom stereocenters. The maximum atomic E-state index is 13.2. The fraction of sp³-hybridized carbons (Fsp3) is 0.435. The maximum Gasteiger partial charge on any atom is 0.262 e. The first kappa shape index (κ1) is 19.8. The van der Waals surface area contributed by atoms with E-state index in [4.69, 9.17) is 4.74 Å². The molecule has 1 aromatic carbocycles. The number of hydrogen-bond acceptors (Lipinski definition) is 5. The number of hydrogen-bond donors (Lipinski definition) is 0. The van der Waals surface area contributed by atoms with Crippen molar-refractivity contribution in [2.75, 3.05) is 7.11 Å². The Kier molecular flexibility index (Phi) is 5.07. The monoisotopic (exact) mass is 410 g/mol. The van der Waals surface area contributed by atoms with Crippen molar-refractivity contribution in [3.63, 3.8) is 0 Å². The molecule has 2 heterocycles. The minimum atomic E-state index is -0.118. The Bertz CT molecular complexity index is 1120. The average Bonchev–Trinajstić information content (AvgIpc) is 3.08. The highest BCUT2D eigenvalue weighted by atomic mass is 32.1. The highest BCUT2D eigenvalue weighted by Gasteiger charge is 2.31.